The van der Waals surface area contributed by atoms with E-state index in [0.717, 1.165) is 12.1 Å². The number of rotatable bonds is 2. The molecule has 0 aliphatic carbocycles. The van der Waals surface area contributed by atoms with Crippen LogP contribution in [-0.2, 0) is 12.6 Å². The molecule has 2 rings (SSSR count). The molecule has 0 bridgehead atoms. The average molecular weight is 270 g/mol. The summed E-state index contributed by atoms with van der Waals surface area (Å²) in [6, 6.07) is 3.08. The summed E-state index contributed by atoms with van der Waals surface area (Å²) in [7, 11) is 0. The highest BCUT2D eigenvalue weighted by atomic mass is 19.4. The quantitative estimate of drug-likeness (QED) is 0.876. The SMILES string of the molecule is CC(N)Cc1nc(N)c2cc(C(F)(F)F)ccc2n1. The van der Waals surface area contributed by atoms with E-state index in [1.807, 2.05) is 0 Å². The Morgan fingerprint density at radius 1 is 1.26 bits per heavy atom. The van der Waals surface area contributed by atoms with Crippen LogP contribution in [0.4, 0.5) is 19.0 Å². The van der Waals surface area contributed by atoms with Crippen LogP contribution in [0.5, 0.6) is 0 Å². The van der Waals surface area contributed by atoms with E-state index >= 15 is 0 Å². The number of benzene rings is 1. The van der Waals surface area contributed by atoms with Crippen molar-refractivity contribution in [1.29, 1.82) is 0 Å². The van der Waals surface area contributed by atoms with E-state index in [0.29, 0.717) is 17.8 Å². The number of nitrogen functional groups attached to an aromatic ring is 1. The van der Waals surface area contributed by atoms with E-state index in [4.69, 9.17) is 11.5 Å². The standard InChI is InChI=1S/C12H13F3N4/c1-6(16)4-10-18-9-3-2-7(12(13,14)15)5-8(9)11(17)19-10/h2-3,5-6H,4,16H2,1H3,(H2,17,18,19). The molecule has 4 nitrogen and oxygen atoms in total. The fourth-order valence-corrected chi connectivity index (χ4v) is 1.76. The lowest BCUT2D eigenvalue weighted by Gasteiger charge is -2.10. The molecule has 102 valence electrons. The predicted molar refractivity (Wildman–Crippen MR) is 66.3 cm³/mol. The summed E-state index contributed by atoms with van der Waals surface area (Å²) in [6.07, 6.45) is -3.99. The van der Waals surface area contributed by atoms with E-state index in [1.54, 1.807) is 6.92 Å². The molecule has 0 radical (unpaired) electrons. The summed E-state index contributed by atoms with van der Waals surface area (Å²) < 4.78 is 37.8. The van der Waals surface area contributed by atoms with Crippen LogP contribution in [0.1, 0.15) is 18.3 Å². The van der Waals surface area contributed by atoms with Crippen LogP contribution in [0.2, 0.25) is 0 Å². The largest absolute Gasteiger partial charge is 0.416 e. The molecule has 0 spiro atoms. The highest BCUT2D eigenvalue weighted by Gasteiger charge is 2.30. The zero-order valence-corrected chi connectivity index (χ0v) is 10.2. The minimum absolute atomic E-state index is 0.0340. The first-order chi connectivity index (χ1) is 8.77. The molecule has 1 atom stereocenters. The highest BCUT2D eigenvalue weighted by molar-refractivity contribution is 5.88. The summed E-state index contributed by atoms with van der Waals surface area (Å²) in [5.41, 5.74) is 10.9. The zero-order valence-electron chi connectivity index (χ0n) is 10.2. The summed E-state index contributed by atoms with van der Waals surface area (Å²) in [5, 5.41) is 0.197. The summed E-state index contributed by atoms with van der Waals surface area (Å²) in [6.45, 7) is 1.79. The molecule has 4 N–H and O–H groups in total. The van der Waals surface area contributed by atoms with Crippen LogP contribution in [0.15, 0.2) is 18.2 Å². The molecular weight excluding hydrogens is 257 g/mol. The zero-order chi connectivity index (χ0) is 14.2. The van der Waals surface area contributed by atoms with Gasteiger partial charge in [0.1, 0.15) is 11.6 Å². The van der Waals surface area contributed by atoms with Gasteiger partial charge in [-0.2, -0.15) is 13.2 Å². The molecule has 0 fully saturated rings. The Kier molecular flexibility index (Phi) is 3.32. The molecule has 1 heterocycles. The van der Waals surface area contributed by atoms with Crippen LogP contribution in [-0.4, -0.2) is 16.0 Å². The molecule has 1 aromatic heterocycles. The van der Waals surface area contributed by atoms with Crippen molar-refractivity contribution in [3.63, 3.8) is 0 Å². The normalized spacial score (nSPS) is 13.7. The Labute approximate surface area is 107 Å². The van der Waals surface area contributed by atoms with E-state index in [2.05, 4.69) is 9.97 Å². The Morgan fingerprint density at radius 3 is 2.53 bits per heavy atom. The van der Waals surface area contributed by atoms with Gasteiger partial charge in [-0.05, 0) is 25.1 Å². The lowest BCUT2D eigenvalue weighted by atomic mass is 10.1. The summed E-state index contributed by atoms with van der Waals surface area (Å²) >= 11 is 0. The van der Waals surface area contributed by atoms with Gasteiger partial charge in [0.25, 0.3) is 0 Å². The van der Waals surface area contributed by atoms with E-state index in [9.17, 15) is 13.2 Å². The Hall–Kier alpha value is -1.89. The molecule has 0 aliphatic rings. The van der Waals surface area contributed by atoms with Gasteiger partial charge in [-0.1, -0.05) is 0 Å². The van der Waals surface area contributed by atoms with Crippen LogP contribution < -0.4 is 11.5 Å². The van der Waals surface area contributed by atoms with E-state index in [1.165, 1.54) is 6.07 Å². The Balaban J connectivity index is 2.54. The predicted octanol–water partition coefficient (Wildman–Crippen LogP) is 2.12. The van der Waals surface area contributed by atoms with Gasteiger partial charge >= 0.3 is 6.18 Å². The maximum atomic E-state index is 12.6. The third-order valence-electron chi connectivity index (χ3n) is 2.60. The monoisotopic (exact) mass is 270 g/mol. The van der Waals surface area contributed by atoms with E-state index in [-0.39, 0.29) is 17.2 Å². The van der Waals surface area contributed by atoms with E-state index < -0.39 is 11.7 Å². The van der Waals surface area contributed by atoms with Gasteiger partial charge in [0.2, 0.25) is 0 Å². The lowest BCUT2D eigenvalue weighted by molar-refractivity contribution is -0.137. The second kappa shape index (κ2) is 4.65. The number of nitrogens with zero attached hydrogens (tertiary/aromatic N) is 2. The topological polar surface area (TPSA) is 77.8 Å². The minimum atomic E-state index is -4.41. The smallest absolute Gasteiger partial charge is 0.383 e. The average Bonchev–Trinajstić information content (AvgIpc) is 2.26. The van der Waals surface area contributed by atoms with Crippen molar-refractivity contribution in [2.24, 2.45) is 5.73 Å². The summed E-state index contributed by atoms with van der Waals surface area (Å²) in [5.74, 6) is 0.464. The number of halogens is 3. The molecule has 0 saturated carbocycles. The lowest BCUT2D eigenvalue weighted by Crippen LogP contribution is -2.19. The molecule has 0 amide bonds. The Bertz CT molecular complexity index is 608. The van der Waals surface area contributed by atoms with Crippen molar-refractivity contribution in [2.45, 2.75) is 25.6 Å². The first-order valence-corrected chi connectivity index (χ1v) is 5.66. The maximum absolute atomic E-state index is 12.6. The number of aromatic nitrogens is 2. The third kappa shape index (κ3) is 2.93. The third-order valence-corrected chi connectivity index (χ3v) is 2.60. The van der Waals surface area contributed by atoms with Crippen molar-refractivity contribution < 1.29 is 13.2 Å². The van der Waals surface area contributed by atoms with Crippen molar-refractivity contribution in [3.05, 3.63) is 29.6 Å². The first kappa shape index (κ1) is 13.5. The first-order valence-electron chi connectivity index (χ1n) is 5.66. The van der Waals surface area contributed by atoms with Gasteiger partial charge < -0.3 is 11.5 Å². The van der Waals surface area contributed by atoms with Crippen molar-refractivity contribution in [3.8, 4) is 0 Å². The second-order valence-electron chi connectivity index (χ2n) is 4.44. The second-order valence-corrected chi connectivity index (χ2v) is 4.44. The van der Waals surface area contributed by atoms with Gasteiger partial charge in [0.15, 0.2) is 0 Å². The number of fused-ring (bicyclic) bond motifs is 1. The van der Waals surface area contributed by atoms with Gasteiger partial charge in [-0.3, -0.25) is 0 Å². The maximum Gasteiger partial charge on any atom is 0.416 e. The van der Waals surface area contributed by atoms with Gasteiger partial charge in [0.05, 0.1) is 11.1 Å². The van der Waals surface area contributed by atoms with Crippen LogP contribution in [0.3, 0.4) is 0 Å². The van der Waals surface area contributed by atoms with Crippen LogP contribution in [0.25, 0.3) is 10.9 Å². The molecule has 2 aromatic rings. The molecule has 19 heavy (non-hydrogen) atoms. The number of hydrogen-bond acceptors (Lipinski definition) is 4. The Morgan fingerprint density at radius 2 is 1.95 bits per heavy atom. The minimum Gasteiger partial charge on any atom is -0.383 e. The summed E-state index contributed by atoms with van der Waals surface area (Å²) in [4.78, 5) is 8.14. The van der Waals surface area contributed by atoms with Gasteiger partial charge in [-0.15, -0.1) is 0 Å². The molecule has 7 heteroatoms. The number of hydrogen-bond donors (Lipinski definition) is 2. The van der Waals surface area contributed by atoms with Gasteiger partial charge in [-0.25, -0.2) is 9.97 Å². The molecular formula is C12H13F3N4. The van der Waals surface area contributed by atoms with Gasteiger partial charge in [0, 0.05) is 17.8 Å². The van der Waals surface area contributed by atoms with Crippen molar-refractivity contribution in [1.82, 2.24) is 9.97 Å². The molecule has 0 aliphatic heterocycles. The van der Waals surface area contributed by atoms with Crippen molar-refractivity contribution in [2.75, 3.05) is 5.73 Å². The van der Waals surface area contributed by atoms with Crippen molar-refractivity contribution >= 4 is 16.7 Å². The molecule has 1 unspecified atom stereocenters. The fraction of sp³-hybridized carbons (Fsp3) is 0.333. The number of anilines is 1. The highest BCUT2D eigenvalue weighted by Crippen LogP contribution is 2.32. The number of nitrogens with two attached hydrogens (primary N) is 2. The number of alkyl halides is 3. The molecule has 0 saturated heterocycles. The molecule has 1 aromatic carbocycles. The van der Waals surface area contributed by atoms with Crippen LogP contribution >= 0.6 is 0 Å². The van der Waals surface area contributed by atoms with Crippen LogP contribution in [0, 0.1) is 0 Å². The fourth-order valence-electron chi connectivity index (χ4n) is 1.76.